The SMILES string of the molecule is C[C@H](N=C1NC(=O)C(C)(CC2CCN(C(=O)C3CC3)CC2)S1)c1ccccc1C(F)(F)F. The summed E-state index contributed by atoms with van der Waals surface area (Å²) in [6, 6.07) is 4.66. The van der Waals surface area contributed by atoms with Crippen LogP contribution in [-0.2, 0) is 15.8 Å². The van der Waals surface area contributed by atoms with E-state index >= 15 is 0 Å². The highest BCUT2D eigenvalue weighted by molar-refractivity contribution is 8.16. The molecule has 0 radical (unpaired) electrons. The van der Waals surface area contributed by atoms with E-state index in [1.54, 1.807) is 13.0 Å². The number of hydrogen-bond acceptors (Lipinski definition) is 4. The Bertz CT molecular complexity index is 923. The van der Waals surface area contributed by atoms with Crippen LogP contribution in [-0.4, -0.2) is 39.7 Å². The van der Waals surface area contributed by atoms with Gasteiger partial charge in [0.25, 0.3) is 0 Å². The Balaban J connectivity index is 1.39. The van der Waals surface area contributed by atoms with Gasteiger partial charge in [-0.05, 0) is 63.5 Å². The van der Waals surface area contributed by atoms with Crippen LogP contribution < -0.4 is 5.32 Å². The largest absolute Gasteiger partial charge is 0.416 e. The Hall–Kier alpha value is -2.03. The smallest absolute Gasteiger partial charge is 0.342 e. The van der Waals surface area contributed by atoms with E-state index in [0.29, 0.717) is 17.5 Å². The van der Waals surface area contributed by atoms with Crippen LogP contribution in [0.1, 0.15) is 63.1 Å². The van der Waals surface area contributed by atoms with Gasteiger partial charge in [0.05, 0.1) is 16.4 Å². The van der Waals surface area contributed by atoms with Gasteiger partial charge in [0.2, 0.25) is 11.8 Å². The van der Waals surface area contributed by atoms with Gasteiger partial charge in [-0.3, -0.25) is 14.6 Å². The van der Waals surface area contributed by atoms with Crippen LogP contribution in [0.5, 0.6) is 0 Å². The quantitative estimate of drug-likeness (QED) is 0.678. The van der Waals surface area contributed by atoms with E-state index in [1.165, 1.54) is 23.9 Å². The first-order valence-corrected chi connectivity index (χ1v) is 11.9. The number of thioether (sulfide) groups is 1. The number of rotatable bonds is 5. The minimum Gasteiger partial charge on any atom is -0.342 e. The summed E-state index contributed by atoms with van der Waals surface area (Å²) in [6.07, 6.45) is -0.0699. The maximum Gasteiger partial charge on any atom is 0.416 e. The normalized spacial score (nSPS) is 27.0. The molecule has 4 rings (SSSR count). The highest BCUT2D eigenvalue weighted by Crippen LogP contribution is 2.42. The van der Waals surface area contributed by atoms with Crippen molar-refractivity contribution in [3.05, 3.63) is 35.4 Å². The second kappa shape index (κ2) is 8.72. The van der Waals surface area contributed by atoms with Crippen molar-refractivity contribution >= 4 is 28.7 Å². The zero-order valence-electron chi connectivity index (χ0n) is 18.2. The van der Waals surface area contributed by atoms with Crippen molar-refractivity contribution < 1.29 is 22.8 Å². The molecule has 32 heavy (non-hydrogen) atoms. The van der Waals surface area contributed by atoms with Crippen molar-refractivity contribution in [2.75, 3.05) is 13.1 Å². The third-order valence-corrected chi connectivity index (χ3v) is 7.78. The molecule has 5 nitrogen and oxygen atoms in total. The minimum absolute atomic E-state index is 0.0867. The fourth-order valence-corrected chi connectivity index (χ4v) is 5.81. The third-order valence-electron chi connectivity index (χ3n) is 6.58. The number of carbonyl (C=O) groups is 2. The number of likely N-dealkylation sites (tertiary alicyclic amines) is 1. The molecule has 2 heterocycles. The molecule has 2 aliphatic heterocycles. The number of aliphatic imine (C=N–C) groups is 1. The van der Waals surface area contributed by atoms with Crippen molar-refractivity contribution in [1.82, 2.24) is 10.2 Å². The summed E-state index contributed by atoms with van der Waals surface area (Å²) in [4.78, 5) is 31.3. The van der Waals surface area contributed by atoms with Crippen molar-refractivity contribution in [2.45, 2.75) is 62.9 Å². The Labute approximate surface area is 190 Å². The van der Waals surface area contributed by atoms with E-state index in [2.05, 4.69) is 10.3 Å². The number of hydrogen-bond donors (Lipinski definition) is 1. The number of amides is 2. The Morgan fingerprint density at radius 3 is 2.53 bits per heavy atom. The van der Waals surface area contributed by atoms with Gasteiger partial charge in [-0.1, -0.05) is 30.0 Å². The molecular weight excluding hydrogens is 439 g/mol. The Morgan fingerprint density at radius 2 is 1.91 bits per heavy atom. The van der Waals surface area contributed by atoms with Crippen molar-refractivity contribution in [3.8, 4) is 0 Å². The van der Waals surface area contributed by atoms with E-state index in [1.807, 2.05) is 11.8 Å². The number of nitrogens with one attached hydrogen (secondary N) is 1. The predicted molar refractivity (Wildman–Crippen MR) is 118 cm³/mol. The van der Waals surface area contributed by atoms with E-state index < -0.39 is 22.5 Å². The van der Waals surface area contributed by atoms with Gasteiger partial charge in [-0.15, -0.1) is 0 Å². The Kier molecular flexibility index (Phi) is 6.31. The van der Waals surface area contributed by atoms with Gasteiger partial charge in [0.1, 0.15) is 0 Å². The van der Waals surface area contributed by atoms with Crippen LogP contribution in [0.15, 0.2) is 29.3 Å². The van der Waals surface area contributed by atoms with Gasteiger partial charge in [-0.25, -0.2) is 0 Å². The van der Waals surface area contributed by atoms with Crippen LogP contribution >= 0.6 is 11.8 Å². The molecule has 1 aliphatic carbocycles. The molecule has 174 valence electrons. The first-order valence-electron chi connectivity index (χ1n) is 11.1. The predicted octanol–water partition coefficient (Wildman–Crippen LogP) is 4.78. The molecule has 1 unspecified atom stereocenters. The molecule has 0 spiro atoms. The average Bonchev–Trinajstić information content (AvgIpc) is 3.54. The first kappa shape index (κ1) is 23.1. The summed E-state index contributed by atoms with van der Waals surface area (Å²) in [6.45, 7) is 4.93. The van der Waals surface area contributed by atoms with E-state index in [0.717, 1.165) is 44.8 Å². The molecule has 3 fully saturated rings. The molecular formula is C23H28F3N3O2S. The minimum atomic E-state index is -4.46. The molecule has 0 aromatic heterocycles. The van der Waals surface area contributed by atoms with Gasteiger partial charge in [0.15, 0.2) is 5.17 Å². The lowest BCUT2D eigenvalue weighted by molar-refractivity contribution is -0.138. The van der Waals surface area contributed by atoms with Gasteiger partial charge in [-0.2, -0.15) is 13.2 Å². The van der Waals surface area contributed by atoms with Crippen LogP contribution in [0, 0.1) is 11.8 Å². The zero-order valence-corrected chi connectivity index (χ0v) is 19.1. The van der Waals surface area contributed by atoms with Crippen molar-refractivity contribution in [3.63, 3.8) is 0 Å². The molecule has 1 aromatic rings. The average molecular weight is 468 g/mol. The summed E-state index contributed by atoms with van der Waals surface area (Å²) in [7, 11) is 0. The van der Waals surface area contributed by atoms with Crippen LogP contribution in [0.25, 0.3) is 0 Å². The molecule has 0 bridgehead atoms. The number of alkyl halides is 3. The lowest BCUT2D eigenvalue weighted by Gasteiger charge is -2.34. The van der Waals surface area contributed by atoms with Gasteiger partial charge >= 0.3 is 6.18 Å². The topological polar surface area (TPSA) is 61.8 Å². The van der Waals surface area contributed by atoms with E-state index in [-0.39, 0.29) is 23.3 Å². The second-order valence-electron chi connectivity index (χ2n) is 9.23. The highest BCUT2D eigenvalue weighted by Gasteiger charge is 2.45. The highest BCUT2D eigenvalue weighted by atomic mass is 32.2. The summed E-state index contributed by atoms with van der Waals surface area (Å²) in [5.74, 6) is 0.659. The first-order chi connectivity index (χ1) is 15.1. The summed E-state index contributed by atoms with van der Waals surface area (Å²) < 4.78 is 39.3. The number of piperidine rings is 1. The molecule has 1 aromatic carbocycles. The maximum atomic E-state index is 13.3. The van der Waals surface area contributed by atoms with Gasteiger partial charge < -0.3 is 10.2 Å². The molecule has 9 heteroatoms. The molecule has 2 saturated heterocycles. The number of halogens is 3. The number of nitrogens with zero attached hydrogens (tertiary/aromatic N) is 2. The summed E-state index contributed by atoms with van der Waals surface area (Å²) in [5.41, 5.74) is -0.620. The van der Waals surface area contributed by atoms with E-state index in [4.69, 9.17) is 0 Å². The Morgan fingerprint density at radius 1 is 1.25 bits per heavy atom. The molecule has 1 N–H and O–H groups in total. The zero-order chi connectivity index (χ0) is 23.1. The molecule has 1 saturated carbocycles. The third kappa shape index (κ3) is 4.97. The lowest BCUT2D eigenvalue weighted by Crippen LogP contribution is -2.42. The molecule has 2 amide bonds. The molecule has 3 aliphatic rings. The standard InChI is InChI=1S/C23H28F3N3O2S/c1-14(17-5-3-4-6-18(17)23(24,25)26)27-21-28-20(31)22(2,32-21)13-15-9-11-29(12-10-15)19(30)16-7-8-16/h3-6,14-16H,7-13H2,1-2H3,(H,27,28,31)/t14-,22?/m0/s1. The summed E-state index contributed by atoms with van der Waals surface area (Å²) >= 11 is 1.30. The summed E-state index contributed by atoms with van der Waals surface area (Å²) in [5, 5.41) is 3.14. The lowest BCUT2D eigenvalue weighted by atomic mass is 9.87. The second-order valence-corrected chi connectivity index (χ2v) is 10.7. The monoisotopic (exact) mass is 467 g/mol. The van der Waals surface area contributed by atoms with Crippen molar-refractivity contribution in [1.29, 1.82) is 0 Å². The van der Waals surface area contributed by atoms with Crippen LogP contribution in [0.3, 0.4) is 0 Å². The van der Waals surface area contributed by atoms with Crippen LogP contribution in [0.4, 0.5) is 13.2 Å². The van der Waals surface area contributed by atoms with Crippen LogP contribution in [0.2, 0.25) is 0 Å². The van der Waals surface area contributed by atoms with Crippen molar-refractivity contribution in [2.24, 2.45) is 16.8 Å². The fraction of sp³-hybridized carbons (Fsp3) is 0.609. The molecule has 2 atom stereocenters. The fourth-order valence-electron chi connectivity index (χ4n) is 4.57. The van der Waals surface area contributed by atoms with E-state index in [9.17, 15) is 22.8 Å². The number of amidine groups is 1. The number of carbonyl (C=O) groups excluding carboxylic acids is 2. The van der Waals surface area contributed by atoms with Gasteiger partial charge in [0, 0.05) is 19.0 Å². The maximum absolute atomic E-state index is 13.3. The number of benzene rings is 1.